The molecule has 180 valence electrons. The Morgan fingerprint density at radius 1 is 1.09 bits per heavy atom. The third-order valence-electron chi connectivity index (χ3n) is 7.27. The second-order valence-corrected chi connectivity index (χ2v) is 10.0. The molecule has 2 N–H and O–H groups in total. The number of benzene rings is 1. The maximum Gasteiger partial charge on any atom is 0.223 e. The van der Waals surface area contributed by atoms with Crippen LogP contribution in [0.1, 0.15) is 38.5 Å². The Balaban J connectivity index is 1.32. The molecule has 0 saturated carbocycles. The van der Waals surface area contributed by atoms with Crippen LogP contribution in [0.15, 0.2) is 36.4 Å². The van der Waals surface area contributed by atoms with Gasteiger partial charge in [0.15, 0.2) is 5.82 Å². The van der Waals surface area contributed by atoms with Crippen molar-refractivity contribution in [3.05, 3.63) is 52.0 Å². The fraction of sp³-hybridized carbons (Fsp3) is 0.481. The number of hydrogen-bond acceptors (Lipinski definition) is 4. The number of carbonyl (C=O) groups excluding carboxylic acids is 1. The van der Waals surface area contributed by atoms with Crippen LogP contribution >= 0.6 is 11.6 Å². The summed E-state index contributed by atoms with van der Waals surface area (Å²) in [4.78, 5) is 15.2. The van der Waals surface area contributed by atoms with E-state index in [0.717, 1.165) is 98.3 Å². The predicted molar refractivity (Wildman–Crippen MR) is 139 cm³/mol. The number of allylic oxidation sites excluding steroid dienone is 2. The van der Waals surface area contributed by atoms with E-state index in [1.165, 1.54) is 0 Å². The third-order valence-corrected chi connectivity index (χ3v) is 7.52. The molecule has 0 atom stereocenters. The summed E-state index contributed by atoms with van der Waals surface area (Å²) in [5.41, 5.74) is 1.01. The van der Waals surface area contributed by atoms with Gasteiger partial charge in [0.25, 0.3) is 0 Å². The van der Waals surface area contributed by atoms with Crippen molar-refractivity contribution in [2.45, 2.75) is 38.5 Å². The molecule has 2 saturated heterocycles. The zero-order valence-electron chi connectivity index (χ0n) is 19.7. The summed E-state index contributed by atoms with van der Waals surface area (Å²) in [6.45, 7) is 4.63. The number of piperidine rings is 2. The van der Waals surface area contributed by atoms with E-state index in [2.05, 4.69) is 39.8 Å². The maximum absolute atomic E-state index is 12.8. The average molecular weight is 480 g/mol. The number of aromatic nitrogens is 2. The molecule has 2 fully saturated rings. The van der Waals surface area contributed by atoms with E-state index in [1.54, 1.807) is 0 Å². The van der Waals surface area contributed by atoms with Crippen LogP contribution in [0.2, 0.25) is 5.02 Å². The summed E-state index contributed by atoms with van der Waals surface area (Å²) in [6, 6.07) is 7.85. The van der Waals surface area contributed by atoms with Crippen molar-refractivity contribution in [2.75, 3.05) is 37.6 Å². The molecule has 5 rings (SSSR count). The zero-order valence-corrected chi connectivity index (χ0v) is 20.4. The summed E-state index contributed by atoms with van der Waals surface area (Å²) >= 11 is 6.13. The standard InChI is InChI=1S/C27H34ClN5O/c28-22-7-9-23(10-8-22)33-25-6-4-2-1-3-5-24(25)26(31-33)32-17-13-21(14-18-32)27(34)30-19-20-11-15-29-16-12-20/h1,3,5-10,20-21,29H,2,4,11-19H2,(H,30,34)/b3-1-,24-5+,25-6+. The van der Waals surface area contributed by atoms with Crippen molar-refractivity contribution in [1.29, 1.82) is 0 Å². The van der Waals surface area contributed by atoms with E-state index in [9.17, 15) is 4.79 Å². The molecule has 0 bridgehead atoms. The minimum atomic E-state index is 0.0913. The van der Waals surface area contributed by atoms with Gasteiger partial charge in [-0.3, -0.25) is 4.79 Å². The Kier molecular flexibility index (Phi) is 7.36. The van der Waals surface area contributed by atoms with E-state index in [-0.39, 0.29) is 11.8 Å². The normalized spacial score (nSPS) is 22.4. The van der Waals surface area contributed by atoms with Crippen molar-refractivity contribution >= 4 is 35.5 Å². The molecule has 0 spiro atoms. The molecule has 3 aliphatic rings. The Morgan fingerprint density at radius 2 is 1.85 bits per heavy atom. The van der Waals surface area contributed by atoms with Crippen LogP contribution in [0, 0.1) is 11.8 Å². The van der Waals surface area contributed by atoms with E-state index in [1.807, 2.05) is 28.9 Å². The van der Waals surface area contributed by atoms with Gasteiger partial charge in [-0.1, -0.05) is 29.8 Å². The van der Waals surface area contributed by atoms with Gasteiger partial charge in [0.1, 0.15) is 0 Å². The first-order chi connectivity index (χ1) is 16.7. The molecule has 1 amide bonds. The maximum atomic E-state index is 12.8. The number of hydrogen-bond donors (Lipinski definition) is 2. The van der Waals surface area contributed by atoms with Crippen LogP contribution in [0.5, 0.6) is 0 Å². The molecule has 7 heteroatoms. The van der Waals surface area contributed by atoms with E-state index < -0.39 is 0 Å². The van der Waals surface area contributed by atoms with Gasteiger partial charge in [-0.05, 0) is 87.9 Å². The summed E-state index contributed by atoms with van der Waals surface area (Å²) in [7, 11) is 0. The Hall–Kier alpha value is -2.57. The number of amides is 1. The number of nitrogens with one attached hydrogen (secondary N) is 2. The van der Waals surface area contributed by atoms with Crippen LogP contribution in [0.3, 0.4) is 0 Å². The van der Waals surface area contributed by atoms with Crippen LogP contribution in [0.4, 0.5) is 5.82 Å². The first-order valence-electron chi connectivity index (χ1n) is 12.6. The molecule has 34 heavy (non-hydrogen) atoms. The smallest absolute Gasteiger partial charge is 0.223 e. The molecule has 6 nitrogen and oxygen atoms in total. The predicted octanol–water partition coefficient (Wildman–Crippen LogP) is 2.77. The highest BCUT2D eigenvalue weighted by atomic mass is 35.5. The van der Waals surface area contributed by atoms with Gasteiger partial charge in [-0.25, -0.2) is 4.68 Å². The second-order valence-electron chi connectivity index (χ2n) is 9.59. The third kappa shape index (κ3) is 5.23. The van der Waals surface area contributed by atoms with E-state index >= 15 is 0 Å². The van der Waals surface area contributed by atoms with Crippen LogP contribution in [-0.2, 0) is 4.79 Å². The number of anilines is 1. The van der Waals surface area contributed by atoms with Crippen molar-refractivity contribution < 1.29 is 4.79 Å². The van der Waals surface area contributed by atoms with Crippen LogP contribution < -0.4 is 26.1 Å². The Labute approximate surface area is 206 Å². The summed E-state index contributed by atoms with van der Waals surface area (Å²) in [5.74, 6) is 1.93. The molecule has 2 aliphatic heterocycles. The summed E-state index contributed by atoms with van der Waals surface area (Å²) in [5, 5.41) is 14.7. The highest BCUT2D eigenvalue weighted by Gasteiger charge is 2.27. The minimum Gasteiger partial charge on any atom is -0.356 e. The van der Waals surface area contributed by atoms with Crippen molar-refractivity contribution in [3.8, 4) is 5.69 Å². The van der Waals surface area contributed by atoms with Gasteiger partial charge in [0, 0.05) is 35.8 Å². The highest BCUT2D eigenvalue weighted by molar-refractivity contribution is 6.30. The fourth-order valence-electron chi connectivity index (χ4n) is 5.21. The second kappa shape index (κ2) is 10.8. The molecule has 1 aromatic carbocycles. The molecule has 0 radical (unpaired) electrons. The highest BCUT2D eigenvalue weighted by Crippen LogP contribution is 2.21. The number of rotatable bonds is 5. The minimum absolute atomic E-state index is 0.0913. The molecular weight excluding hydrogens is 446 g/mol. The lowest BCUT2D eigenvalue weighted by Crippen LogP contribution is -2.44. The van der Waals surface area contributed by atoms with Gasteiger partial charge < -0.3 is 15.5 Å². The van der Waals surface area contributed by atoms with Gasteiger partial charge in [0.2, 0.25) is 5.91 Å². The lowest BCUT2D eigenvalue weighted by Gasteiger charge is -2.32. The lowest BCUT2D eigenvalue weighted by atomic mass is 9.94. The molecule has 3 heterocycles. The molecule has 0 unspecified atom stereocenters. The summed E-state index contributed by atoms with van der Waals surface area (Å²) < 4.78 is 2.04. The topological polar surface area (TPSA) is 62.2 Å². The zero-order chi connectivity index (χ0) is 23.3. The Bertz CT molecular complexity index is 1140. The van der Waals surface area contributed by atoms with Crippen molar-refractivity contribution in [3.63, 3.8) is 0 Å². The molecular formula is C27H34ClN5O. The SMILES string of the molecule is O=C(NCC1CCNCC1)C1CCN(c2nn(-c3ccc(Cl)cc3)c3/c2=C\C=C/CC\C=3)CC1. The molecule has 2 aromatic rings. The largest absolute Gasteiger partial charge is 0.356 e. The van der Waals surface area contributed by atoms with E-state index in [4.69, 9.17) is 16.7 Å². The molecule has 1 aromatic heterocycles. The van der Waals surface area contributed by atoms with Crippen molar-refractivity contribution in [2.24, 2.45) is 11.8 Å². The number of halogens is 1. The van der Waals surface area contributed by atoms with Crippen LogP contribution in [-0.4, -0.2) is 48.4 Å². The van der Waals surface area contributed by atoms with Gasteiger partial charge >= 0.3 is 0 Å². The monoisotopic (exact) mass is 479 g/mol. The lowest BCUT2D eigenvalue weighted by molar-refractivity contribution is -0.125. The fourth-order valence-corrected chi connectivity index (χ4v) is 5.33. The first kappa shape index (κ1) is 23.2. The quantitative estimate of drug-likeness (QED) is 0.692. The van der Waals surface area contributed by atoms with E-state index in [0.29, 0.717) is 5.92 Å². The van der Waals surface area contributed by atoms with Crippen molar-refractivity contribution in [1.82, 2.24) is 20.4 Å². The average Bonchev–Trinajstić information content (AvgIpc) is 3.20. The molecule has 1 aliphatic carbocycles. The Morgan fingerprint density at radius 3 is 2.62 bits per heavy atom. The summed E-state index contributed by atoms with van der Waals surface area (Å²) in [6.07, 6.45) is 14.8. The van der Waals surface area contributed by atoms with Gasteiger partial charge in [0.05, 0.1) is 11.0 Å². The number of fused-ring (bicyclic) bond motifs is 1. The van der Waals surface area contributed by atoms with Gasteiger partial charge in [-0.2, -0.15) is 0 Å². The number of nitrogens with zero attached hydrogens (tertiary/aromatic N) is 3. The van der Waals surface area contributed by atoms with Gasteiger partial charge in [-0.15, -0.1) is 5.10 Å². The van der Waals surface area contributed by atoms with Crippen LogP contribution in [0.25, 0.3) is 17.8 Å². The first-order valence-corrected chi connectivity index (χ1v) is 13.0. The number of carbonyl (C=O) groups is 1.